The van der Waals surface area contributed by atoms with Gasteiger partial charge in [-0.25, -0.2) is 9.59 Å². The molecule has 2 aliphatic rings. The van der Waals surface area contributed by atoms with E-state index in [0.29, 0.717) is 46.5 Å². The number of carboxylic acids is 2. The minimum absolute atomic E-state index is 0. The molecule has 202 valence electrons. The van der Waals surface area contributed by atoms with Crippen molar-refractivity contribution in [3.05, 3.63) is 34.9 Å². The maximum Gasteiger partial charge on any atom is 0.328 e. The van der Waals surface area contributed by atoms with Crippen LogP contribution in [-0.4, -0.2) is 65.1 Å². The fourth-order valence-electron chi connectivity index (χ4n) is 4.76. The van der Waals surface area contributed by atoms with E-state index in [-0.39, 0.29) is 11.3 Å². The lowest BCUT2D eigenvalue weighted by Gasteiger charge is -2.35. The van der Waals surface area contributed by atoms with Crippen molar-refractivity contribution in [2.45, 2.75) is 57.8 Å². The number of benzene rings is 1. The van der Waals surface area contributed by atoms with Crippen LogP contribution in [-0.2, 0) is 9.59 Å². The number of carboxylic acid groups (broad SMARTS) is 2. The molecule has 10 heteroatoms. The summed E-state index contributed by atoms with van der Waals surface area (Å²) in [6.45, 7) is 3.66. The molecule has 1 aromatic rings. The predicted molar refractivity (Wildman–Crippen MR) is 140 cm³/mol. The molecule has 1 saturated carbocycles. The number of hydrogen-bond acceptors (Lipinski definition) is 6. The number of ether oxygens (including phenoxy) is 1. The van der Waals surface area contributed by atoms with Gasteiger partial charge in [0.15, 0.2) is 5.78 Å². The van der Waals surface area contributed by atoms with E-state index in [1.165, 1.54) is 64.6 Å². The van der Waals surface area contributed by atoms with Crippen molar-refractivity contribution in [1.82, 2.24) is 4.90 Å². The first-order chi connectivity index (χ1) is 16.7. The van der Waals surface area contributed by atoms with Gasteiger partial charge in [-0.1, -0.05) is 30.9 Å². The van der Waals surface area contributed by atoms with Crippen molar-refractivity contribution in [2.24, 2.45) is 11.8 Å². The van der Waals surface area contributed by atoms with Gasteiger partial charge in [-0.2, -0.15) is 0 Å². The van der Waals surface area contributed by atoms with Crippen LogP contribution in [0, 0.1) is 11.8 Å². The number of rotatable bonds is 9. The average Bonchev–Trinajstić information content (AvgIpc) is 2.84. The molecular weight excluding hydrogens is 488 g/mol. The number of nitrogens with zero attached hydrogens (tertiary/aromatic N) is 1. The molecular formula is C26H39ClN2O7. The third-order valence-electron chi connectivity index (χ3n) is 6.72. The molecule has 0 unspecified atom stereocenters. The minimum Gasteiger partial charge on any atom is -0.496 e. The van der Waals surface area contributed by atoms with E-state index < -0.39 is 11.9 Å². The van der Waals surface area contributed by atoms with Gasteiger partial charge in [-0.05, 0) is 63.1 Å². The van der Waals surface area contributed by atoms with Gasteiger partial charge < -0.3 is 31.1 Å². The number of halogens is 1. The summed E-state index contributed by atoms with van der Waals surface area (Å²) in [6, 6.07) is 3.28. The summed E-state index contributed by atoms with van der Waals surface area (Å²) >= 11 is 6.09. The Morgan fingerprint density at radius 2 is 1.61 bits per heavy atom. The van der Waals surface area contributed by atoms with Crippen LogP contribution in [0.5, 0.6) is 5.75 Å². The molecule has 9 nitrogen and oxygen atoms in total. The molecule has 0 atom stereocenters. The van der Waals surface area contributed by atoms with Crippen molar-refractivity contribution >= 4 is 35.0 Å². The first-order valence-electron chi connectivity index (χ1n) is 12.2. The lowest BCUT2D eigenvalue weighted by Crippen LogP contribution is -2.37. The van der Waals surface area contributed by atoms with Crippen molar-refractivity contribution in [1.29, 1.82) is 0 Å². The standard InChI is InChI=1S/C22H33ClN2O2.C4H4O4.H2O/c1-27-22-14-20(24)19(23)13-18(22)21(26)8-7-16-9-11-25(12-10-16)15-17-5-3-2-4-6-17;5-3(6)1-2-4(7)8;/h13-14,16-17H,2-12,15,24H2,1H3;1-2H,(H,5,6)(H,7,8);1H2/b;2-1+;. The van der Waals surface area contributed by atoms with E-state index in [9.17, 15) is 14.4 Å². The van der Waals surface area contributed by atoms with Gasteiger partial charge in [-0.15, -0.1) is 0 Å². The highest BCUT2D eigenvalue weighted by Gasteiger charge is 2.24. The molecule has 0 aromatic heterocycles. The summed E-state index contributed by atoms with van der Waals surface area (Å²) in [7, 11) is 1.56. The number of ketones is 1. The molecule has 1 saturated heterocycles. The molecule has 1 aliphatic carbocycles. The number of hydrogen-bond donors (Lipinski definition) is 3. The first kappa shape index (κ1) is 31.4. The third-order valence-corrected chi connectivity index (χ3v) is 7.04. The van der Waals surface area contributed by atoms with Crippen molar-refractivity contribution in [3.8, 4) is 5.75 Å². The van der Waals surface area contributed by atoms with Gasteiger partial charge in [0.1, 0.15) is 5.75 Å². The highest BCUT2D eigenvalue weighted by molar-refractivity contribution is 6.33. The molecule has 2 fully saturated rings. The number of piperidine rings is 1. The van der Waals surface area contributed by atoms with Gasteiger partial charge in [-0.3, -0.25) is 4.79 Å². The van der Waals surface area contributed by atoms with Crippen molar-refractivity contribution in [2.75, 3.05) is 32.5 Å². The summed E-state index contributed by atoms with van der Waals surface area (Å²) in [5.74, 6) is -0.339. The predicted octanol–water partition coefficient (Wildman–Crippen LogP) is 4.07. The first-order valence-corrected chi connectivity index (χ1v) is 12.6. The number of carbonyl (C=O) groups is 3. The SMILES string of the molecule is COc1cc(N)c(Cl)cc1C(=O)CCC1CCN(CC2CCCCC2)CC1.O.O=C(O)/C=C/C(=O)O. The Hall–Kier alpha value is -2.62. The number of nitrogens with two attached hydrogens (primary N) is 1. The van der Waals surface area contributed by atoms with Crippen LogP contribution < -0.4 is 10.5 Å². The van der Waals surface area contributed by atoms with E-state index in [0.717, 1.165) is 12.3 Å². The summed E-state index contributed by atoms with van der Waals surface area (Å²) < 4.78 is 5.31. The van der Waals surface area contributed by atoms with E-state index >= 15 is 0 Å². The molecule has 6 N–H and O–H groups in total. The molecule has 1 aliphatic heterocycles. The van der Waals surface area contributed by atoms with Crippen molar-refractivity contribution < 1.29 is 34.8 Å². The number of Topliss-reactive ketones (excluding diaryl/α,β-unsaturated/α-hetero) is 1. The van der Waals surface area contributed by atoms with Crippen LogP contribution in [0.4, 0.5) is 5.69 Å². The fraction of sp³-hybridized carbons (Fsp3) is 0.577. The number of aliphatic carboxylic acids is 2. The number of anilines is 1. The maximum absolute atomic E-state index is 12.7. The molecule has 3 rings (SSSR count). The second-order valence-electron chi connectivity index (χ2n) is 9.29. The van der Waals surface area contributed by atoms with Gasteiger partial charge >= 0.3 is 11.9 Å². The van der Waals surface area contributed by atoms with Gasteiger partial charge in [0, 0.05) is 31.2 Å². The molecule has 1 aromatic carbocycles. The molecule has 0 amide bonds. The number of likely N-dealkylation sites (tertiary alicyclic amines) is 1. The van der Waals surface area contributed by atoms with Crippen LogP contribution in [0.2, 0.25) is 5.02 Å². The molecule has 0 bridgehead atoms. The van der Waals surface area contributed by atoms with Gasteiger partial charge in [0.25, 0.3) is 0 Å². The third kappa shape index (κ3) is 11.0. The zero-order valence-corrected chi connectivity index (χ0v) is 21.6. The zero-order valence-electron chi connectivity index (χ0n) is 20.9. The maximum atomic E-state index is 12.7. The van der Waals surface area contributed by atoms with Crippen LogP contribution >= 0.6 is 11.6 Å². The van der Waals surface area contributed by atoms with Gasteiger partial charge in [0.05, 0.1) is 23.4 Å². The highest BCUT2D eigenvalue weighted by atomic mass is 35.5. The Kier molecular flexibility index (Phi) is 14.1. The van der Waals surface area contributed by atoms with Crippen LogP contribution in [0.1, 0.15) is 68.1 Å². The van der Waals surface area contributed by atoms with Gasteiger partial charge in [0.2, 0.25) is 0 Å². The zero-order chi connectivity index (χ0) is 25.8. The molecule has 1 heterocycles. The quantitative estimate of drug-likeness (QED) is 0.246. The average molecular weight is 527 g/mol. The summed E-state index contributed by atoms with van der Waals surface area (Å²) in [6.07, 6.45) is 12.1. The molecule has 36 heavy (non-hydrogen) atoms. The van der Waals surface area contributed by atoms with Crippen LogP contribution in [0.15, 0.2) is 24.3 Å². The lowest BCUT2D eigenvalue weighted by molar-refractivity contribution is -0.134. The second kappa shape index (κ2) is 16.2. The Morgan fingerprint density at radius 1 is 1.03 bits per heavy atom. The molecule has 0 spiro atoms. The monoisotopic (exact) mass is 526 g/mol. The Bertz CT molecular complexity index is 877. The highest BCUT2D eigenvalue weighted by Crippen LogP contribution is 2.31. The van der Waals surface area contributed by atoms with E-state index in [1.807, 2.05) is 0 Å². The van der Waals surface area contributed by atoms with E-state index in [4.69, 9.17) is 32.3 Å². The number of methoxy groups -OCH3 is 1. The van der Waals surface area contributed by atoms with Crippen LogP contribution in [0.25, 0.3) is 0 Å². The normalized spacial score (nSPS) is 17.1. The Balaban J connectivity index is 0.000000625. The van der Waals surface area contributed by atoms with Crippen molar-refractivity contribution in [3.63, 3.8) is 0 Å². The summed E-state index contributed by atoms with van der Waals surface area (Å²) in [5.41, 5.74) is 6.80. The number of nitrogen functional groups attached to an aromatic ring is 1. The number of carbonyl (C=O) groups excluding carboxylic acids is 1. The smallest absolute Gasteiger partial charge is 0.328 e. The lowest BCUT2D eigenvalue weighted by atomic mass is 9.87. The molecule has 0 radical (unpaired) electrons. The second-order valence-corrected chi connectivity index (χ2v) is 9.70. The summed E-state index contributed by atoms with van der Waals surface area (Å²) in [4.78, 5) is 34.4. The largest absolute Gasteiger partial charge is 0.496 e. The fourth-order valence-corrected chi connectivity index (χ4v) is 4.92. The van der Waals surface area contributed by atoms with Crippen LogP contribution in [0.3, 0.4) is 0 Å². The minimum atomic E-state index is -1.26. The van der Waals surface area contributed by atoms with E-state index in [1.54, 1.807) is 19.2 Å². The summed E-state index contributed by atoms with van der Waals surface area (Å²) in [5, 5.41) is 16.0. The Labute approximate surface area is 217 Å². The Morgan fingerprint density at radius 3 is 2.14 bits per heavy atom. The van der Waals surface area contributed by atoms with E-state index in [2.05, 4.69) is 4.90 Å². The topological polar surface area (TPSA) is 162 Å².